The first-order valence-corrected chi connectivity index (χ1v) is 10.2. The van der Waals surface area contributed by atoms with Crippen LogP contribution in [0.5, 0.6) is 0 Å². The first kappa shape index (κ1) is 30.8. The molecule has 0 aromatic carbocycles. The molecule has 0 radical (unpaired) electrons. The van der Waals surface area contributed by atoms with Crippen molar-refractivity contribution in [3.05, 3.63) is 0 Å². The monoisotopic (exact) mass is 447 g/mol. The third-order valence-corrected chi connectivity index (χ3v) is 3.21. The molecule has 0 spiro atoms. The lowest BCUT2D eigenvalue weighted by atomic mass is 10.1. The zero-order valence-electron chi connectivity index (χ0n) is 19.9. The predicted octanol–water partition coefficient (Wildman–Crippen LogP) is 0.0283. The molecule has 0 aliphatic heterocycles. The van der Waals surface area contributed by atoms with Gasteiger partial charge >= 0.3 is 6.09 Å². The van der Waals surface area contributed by atoms with E-state index < -0.39 is 17.7 Å². The minimum Gasteiger partial charge on any atom is -0.462 e. The molecule has 0 fully saturated rings. The topological polar surface area (TPSA) is 161 Å². The number of hydrogen-bond acceptors (Lipinski definition) is 8. The van der Waals surface area contributed by atoms with Crippen LogP contribution in [-0.2, 0) is 23.9 Å². The summed E-state index contributed by atoms with van der Waals surface area (Å²) in [5, 5.41) is 10.8. The third-order valence-electron chi connectivity index (χ3n) is 3.21. The van der Waals surface area contributed by atoms with E-state index in [1.165, 1.54) is 0 Å². The Labute approximate surface area is 185 Å². The molecule has 0 aromatic heterocycles. The fourth-order valence-electron chi connectivity index (χ4n) is 1.77. The molecule has 0 unspecified atom stereocenters. The SMILES string of the molecule is CC(C)(C)OC=O.CNCCNC(=O)CC[C@H](N)C(=O)NCCNC(=O)OC(C)(C)C. The van der Waals surface area contributed by atoms with Gasteiger partial charge in [0.25, 0.3) is 6.47 Å². The minimum atomic E-state index is -0.762. The minimum absolute atomic E-state index is 0.139. The second-order valence-electron chi connectivity index (χ2n) is 8.64. The summed E-state index contributed by atoms with van der Waals surface area (Å²) in [5.74, 6) is -0.496. The van der Waals surface area contributed by atoms with Gasteiger partial charge < -0.3 is 36.5 Å². The van der Waals surface area contributed by atoms with Gasteiger partial charge in [-0.3, -0.25) is 14.4 Å². The van der Waals surface area contributed by atoms with E-state index in [9.17, 15) is 19.2 Å². The number of carbonyl (C=O) groups excluding carboxylic acids is 4. The Kier molecular flexibility index (Phi) is 16.2. The zero-order chi connectivity index (χ0) is 24.5. The van der Waals surface area contributed by atoms with Crippen molar-refractivity contribution in [1.82, 2.24) is 21.3 Å². The largest absolute Gasteiger partial charge is 0.462 e. The normalized spacial score (nSPS) is 11.9. The van der Waals surface area contributed by atoms with E-state index in [1.807, 2.05) is 20.8 Å². The second-order valence-corrected chi connectivity index (χ2v) is 8.64. The predicted molar refractivity (Wildman–Crippen MR) is 118 cm³/mol. The lowest BCUT2D eigenvalue weighted by Gasteiger charge is -2.19. The number of carbonyl (C=O) groups is 4. The van der Waals surface area contributed by atoms with Crippen molar-refractivity contribution in [2.45, 2.75) is 71.6 Å². The molecular formula is C20H41N5O6. The standard InChI is InChI=1S/C15H31N5O4.C5H10O2/c1-15(2,3)24-14(23)20-10-9-19-13(22)11(16)5-6-12(21)18-8-7-17-4;1-5(2,3)7-4-6/h11,17H,5-10,16H2,1-4H3,(H,18,21)(H,19,22)(H,20,23);4H,1-3H3/t11-;/m0./s1. The molecule has 0 aromatic rings. The number of hydrogen-bond donors (Lipinski definition) is 5. The summed E-state index contributed by atoms with van der Waals surface area (Å²) in [4.78, 5) is 44.3. The Balaban J connectivity index is 0. The van der Waals surface area contributed by atoms with Crippen molar-refractivity contribution in [1.29, 1.82) is 0 Å². The Bertz CT molecular complexity index is 543. The highest BCUT2D eigenvalue weighted by atomic mass is 16.6. The molecule has 0 aliphatic rings. The molecule has 182 valence electrons. The second kappa shape index (κ2) is 16.3. The van der Waals surface area contributed by atoms with E-state index in [4.69, 9.17) is 10.5 Å². The van der Waals surface area contributed by atoms with Crippen molar-refractivity contribution >= 4 is 24.4 Å². The van der Waals surface area contributed by atoms with E-state index in [-0.39, 0.29) is 43.3 Å². The number of nitrogens with two attached hydrogens (primary N) is 1. The third kappa shape index (κ3) is 23.7. The van der Waals surface area contributed by atoms with Crippen LogP contribution in [0.4, 0.5) is 4.79 Å². The van der Waals surface area contributed by atoms with Gasteiger partial charge in [0.15, 0.2) is 0 Å². The Morgan fingerprint density at radius 3 is 1.90 bits per heavy atom. The van der Waals surface area contributed by atoms with Crippen LogP contribution >= 0.6 is 0 Å². The molecular weight excluding hydrogens is 406 g/mol. The molecule has 31 heavy (non-hydrogen) atoms. The molecule has 3 amide bonds. The summed E-state index contributed by atoms with van der Waals surface area (Å²) in [6.07, 6.45) is -0.0927. The number of alkyl carbamates (subject to hydrolysis) is 1. The molecule has 11 heteroatoms. The van der Waals surface area contributed by atoms with Crippen LogP contribution in [0, 0.1) is 0 Å². The van der Waals surface area contributed by atoms with Crippen LogP contribution in [0.2, 0.25) is 0 Å². The molecule has 0 saturated carbocycles. The summed E-state index contributed by atoms with van der Waals surface area (Å²) < 4.78 is 9.61. The number of amides is 3. The average Bonchev–Trinajstić information content (AvgIpc) is 2.61. The van der Waals surface area contributed by atoms with Crippen LogP contribution in [0.1, 0.15) is 54.4 Å². The lowest BCUT2D eigenvalue weighted by molar-refractivity contribution is -0.138. The maximum Gasteiger partial charge on any atom is 0.407 e. The van der Waals surface area contributed by atoms with Gasteiger partial charge in [-0.1, -0.05) is 0 Å². The molecule has 6 N–H and O–H groups in total. The van der Waals surface area contributed by atoms with Crippen LogP contribution in [0.15, 0.2) is 0 Å². The van der Waals surface area contributed by atoms with E-state index in [0.717, 1.165) is 0 Å². The molecule has 0 bridgehead atoms. The maximum absolute atomic E-state index is 11.8. The Morgan fingerprint density at radius 2 is 1.45 bits per heavy atom. The van der Waals surface area contributed by atoms with Gasteiger partial charge in [-0.25, -0.2) is 4.79 Å². The van der Waals surface area contributed by atoms with Gasteiger partial charge in [0.05, 0.1) is 6.04 Å². The fraction of sp³-hybridized carbons (Fsp3) is 0.800. The highest BCUT2D eigenvalue weighted by Crippen LogP contribution is 2.06. The molecule has 0 heterocycles. The summed E-state index contributed by atoms with van der Waals surface area (Å²) in [6.45, 7) is 12.9. The highest BCUT2D eigenvalue weighted by Gasteiger charge is 2.17. The summed E-state index contributed by atoms with van der Waals surface area (Å²) in [7, 11) is 1.80. The van der Waals surface area contributed by atoms with E-state index in [2.05, 4.69) is 26.0 Å². The summed E-state index contributed by atoms with van der Waals surface area (Å²) in [6, 6.07) is -0.762. The van der Waals surface area contributed by atoms with Gasteiger partial charge in [0.2, 0.25) is 11.8 Å². The molecule has 11 nitrogen and oxygen atoms in total. The highest BCUT2D eigenvalue weighted by molar-refractivity contribution is 5.83. The Hall–Kier alpha value is -2.40. The number of ether oxygens (including phenoxy) is 2. The number of likely N-dealkylation sites (N-methyl/N-ethyl adjacent to an activating group) is 1. The zero-order valence-corrected chi connectivity index (χ0v) is 19.9. The average molecular weight is 448 g/mol. The van der Waals surface area contributed by atoms with E-state index >= 15 is 0 Å². The van der Waals surface area contributed by atoms with Gasteiger partial charge in [-0.2, -0.15) is 0 Å². The van der Waals surface area contributed by atoms with Crippen LogP contribution in [0.3, 0.4) is 0 Å². The lowest BCUT2D eigenvalue weighted by Crippen LogP contribution is -2.44. The molecule has 0 saturated heterocycles. The van der Waals surface area contributed by atoms with Crippen LogP contribution in [-0.4, -0.2) is 74.9 Å². The first-order valence-electron chi connectivity index (χ1n) is 10.2. The van der Waals surface area contributed by atoms with E-state index in [1.54, 1.807) is 27.8 Å². The van der Waals surface area contributed by atoms with Crippen molar-refractivity contribution < 1.29 is 28.7 Å². The smallest absolute Gasteiger partial charge is 0.407 e. The number of rotatable bonds is 11. The van der Waals surface area contributed by atoms with Gasteiger partial charge in [-0.15, -0.1) is 0 Å². The van der Waals surface area contributed by atoms with Gasteiger partial charge in [0.1, 0.15) is 11.2 Å². The van der Waals surface area contributed by atoms with Gasteiger partial charge in [-0.05, 0) is 55.0 Å². The van der Waals surface area contributed by atoms with E-state index in [0.29, 0.717) is 19.6 Å². The van der Waals surface area contributed by atoms with Crippen LogP contribution in [0.25, 0.3) is 0 Å². The molecule has 0 aliphatic carbocycles. The van der Waals surface area contributed by atoms with Crippen LogP contribution < -0.4 is 27.0 Å². The number of nitrogens with one attached hydrogen (secondary N) is 4. The van der Waals surface area contributed by atoms with Crippen molar-refractivity contribution in [3.8, 4) is 0 Å². The van der Waals surface area contributed by atoms with Crippen molar-refractivity contribution in [3.63, 3.8) is 0 Å². The van der Waals surface area contributed by atoms with Crippen molar-refractivity contribution in [2.75, 3.05) is 33.2 Å². The summed E-state index contributed by atoms with van der Waals surface area (Å²) >= 11 is 0. The van der Waals surface area contributed by atoms with Gasteiger partial charge in [0, 0.05) is 32.6 Å². The van der Waals surface area contributed by atoms with Crippen molar-refractivity contribution in [2.24, 2.45) is 5.73 Å². The first-order chi connectivity index (χ1) is 14.2. The maximum atomic E-state index is 11.8. The fourth-order valence-corrected chi connectivity index (χ4v) is 1.77. The molecule has 0 rings (SSSR count). The molecule has 1 atom stereocenters. The Morgan fingerprint density at radius 1 is 0.903 bits per heavy atom. The summed E-state index contributed by atoms with van der Waals surface area (Å²) in [5.41, 5.74) is 4.85. The quantitative estimate of drug-likeness (QED) is 0.219.